The molecule has 0 radical (unpaired) electrons. The van der Waals surface area contributed by atoms with Crippen molar-refractivity contribution in [2.75, 3.05) is 4.90 Å². The lowest BCUT2D eigenvalue weighted by Crippen LogP contribution is -2.10. The summed E-state index contributed by atoms with van der Waals surface area (Å²) < 4.78 is 8.96. The van der Waals surface area contributed by atoms with Gasteiger partial charge in [0.05, 0.1) is 11.4 Å². The van der Waals surface area contributed by atoms with Gasteiger partial charge in [0.25, 0.3) is 0 Å². The summed E-state index contributed by atoms with van der Waals surface area (Å²) in [6.45, 7) is 0. The van der Waals surface area contributed by atoms with Gasteiger partial charge in [-0.3, -0.25) is 0 Å². The molecule has 8 aromatic rings. The number of para-hydroxylation sites is 2. The molecule has 2 aromatic heterocycles. The van der Waals surface area contributed by atoms with Crippen molar-refractivity contribution >= 4 is 92.9 Å². The van der Waals surface area contributed by atoms with Gasteiger partial charge in [0.2, 0.25) is 0 Å². The zero-order valence-corrected chi connectivity index (χ0v) is 21.8. The van der Waals surface area contributed by atoms with Crippen molar-refractivity contribution in [2.24, 2.45) is 0 Å². The lowest BCUT2D eigenvalue weighted by atomic mass is 10.0. The molecule has 4 heteroatoms. The molecule has 0 aliphatic rings. The lowest BCUT2D eigenvalue weighted by Gasteiger charge is -2.27. The Kier molecular flexibility index (Phi) is 4.78. The van der Waals surface area contributed by atoms with Crippen molar-refractivity contribution in [3.8, 4) is 0 Å². The number of nitrogens with zero attached hydrogens (tertiary/aromatic N) is 1. The van der Waals surface area contributed by atoms with E-state index in [9.17, 15) is 0 Å². The summed E-state index contributed by atoms with van der Waals surface area (Å²) in [6, 6.07) is 42.6. The van der Waals surface area contributed by atoms with Crippen molar-refractivity contribution in [1.82, 2.24) is 0 Å². The number of furan rings is 1. The predicted octanol–water partition coefficient (Wildman–Crippen LogP) is 11.2. The second kappa shape index (κ2) is 8.35. The fourth-order valence-electron chi connectivity index (χ4n) is 5.60. The third-order valence-corrected chi connectivity index (χ3v) is 8.68. The zero-order valence-electron chi connectivity index (χ0n) is 20.2. The first-order valence-corrected chi connectivity index (χ1v) is 13.7. The average molecular weight is 526 g/mol. The Balaban J connectivity index is 1.46. The molecule has 8 rings (SSSR count). The van der Waals surface area contributed by atoms with Gasteiger partial charge in [-0.1, -0.05) is 84.4 Å². The van der Waals surface area contributed by atoms with Crippen LogP contribution < -0.4 is 4.90 Å². The molecule has 0 aliphatic carbocycles. The molecule has 0 aliphatic heterocycles. The first-order valence-electron chi connectivity index (χ1n) is 12.5. The van der Waals surface area contributed by atoms with Crippen molar-refractivity contribution < 1.29 is 4.42 Å². The Labute approximate surface area is 227 Å². The second-order valence-corrected chi connectivity index (χ2v) is 11.0. The largest absolute Gasteiger partial charge is 0.454 e. The van der Waals surface area contributed by atoms with E-state index in [2.05, 4.69) is 108 Å². The molecule has 0 fully saturated rings. The van der Waals surface area contributed by atoms with Crippen molar-refractivity contribution in [2.45, 2.75) is 0 Å². The smallest absolute Gasteiger partial charge is 0.159 e. The highest BCUT2D eigenvalue weighted by Gasteiger charge is 2.21. The lowest BCUT2D eigenvalue weighted by molar-refractivity contribution is 0.669. The number of rotatable bonds is 3. The van der Waals surface area contributed by atoms with Gasteiger partial charge in [0, 0.05) is 47.0 Å². The van der Waals surface area contributed by atoms with Crippen LogP contribution in [0, 0.1) is 0 Å². The predicted molar refractivity (Wildman–Crippen MR) is 164 cm³/mol. The van der Waals surface area contributed by atoms with Crippen LogP contribution in [0.25, 0.3) is 52.9 Å². The maximum absolute atomic E-state index is 6.52. The summed E-state index contributed by atoms with van der Waals surface area (Å²) >= 11 is 8.10. The first kappa shape index (κ1) is 21.7. The molecule has 0 amide bonds. The normalized spacial score (nSPS) is 11.8. The minimum absolute atomic E-state index is 0.762. The van der Waals surface area contributed by atoms with Crippen LogP contribution in [-0.4, -0.2) is 0 Å². The van der Waals surface area contributed by atoms with E-state index in [0.29, 0.717) is 0 Å². The summed E-state index contributed by atoms with van der Waals surface area (Å²) in [5.74, 6) is 0. The highest BCUT2D eigenvalue weighted by atomic mass is 35.5. The van der Waals surface area contributed by atoms with E-state index in [0.717, 1.165) is 44.0 Å². The van der Waals surface area contributed by atoms with E-state index in [-0.39, 0.29) is 0 Å². The monoisotopic (exact) mass is 525 g/mol. The van der Waals surface area contributed by atoms with Crippen molar-refractivity contribution in [1.29, 1.82) is 0 Å². The molecular formula is C34H20ClNOS. The fourth-order valence-corrected chi connectivity index (χ4v) is 6.96. The van der Waals surface area contributed by atoms with Crippen molar-refractivity contribution in [3.05, 3.63) is 126 Å². The molecule has 0 spiro atoms. The van der Waals surface area contributed by atoms with E-state index < -0.39 is 0 Å². The number of hydrogen-bond donors (Lipinski definition) is 0. The second-order valence-electron chi connectivity index (χ2n) is 9.51. The van der Waals surface area contributed by atoms with Crippen molar-refractivity contribution in [3.63, 3.8) is 0 Å². The van der Waals surface area contributed by atoms with E-state index in [1.54, 1.807) is 11.3 Å². The fraction of sp³-hybridized carbons (Fsp3) is 0. The van der Waals surface area contributed by atoms with Crippen LogP contribution in [-0.2, 0) is 0 Å². The summed E-state index contributed by atoms with van der Waals surface area (Å²) in [7, 11) is 0. The molecule has 0 saturated carbocycles. The third-order valence-electron chi connectivity index (χ3n) is 7.31. The molecule has 2 nitrogen and oxygen atoms in total. The standard InChI is InChI=1S/C34H20ClNOS/c35-22-15-17-26-28-20-23(16-18-32(28)38-33(26)19-22)36(29-12-5-8-21-7-1-2-9-24(21)29)30-13-6-11-27-25-10-3-4-14-31(25)37-34(27)30/h1-20H. The van der Waals surface area contributed by atoms with Gasteiger partial charge < -0.3 is 9.32 Å². The third kappa shape index (κ3) is 3.26. The molecule has 0 atom stereocenters. The molecule has 0 saturated heterocycles. The summed E-state index contributed by atoms with van der Waals surface area (Å²) in [6.07, 6.45) is 0. The van der Waals surface area contributed by atoms with Gasteiger partial charge in [-0.15, -0.1) is 11.3 Å². The van der Waals surface area contributed by atoms with Crippen LogP contribution in [0.5, 0.6) is 0 Å². The van der Waals surface area contributed by atoms with Gasteiger partial charge in [0.1, 0.15) is 5.58 Å². The highest BCUT2D eigenvalue weighted by Crippen LogP contribution is 2.46. The van der Waals surface area contributed by atoms with E-state index >= 15 is 0 Å². The Morgan fingerprint density at radius 1 is 0.553 bits per heavy atom. The number of benzene rings is 6. The Bertz CT molecular complexity index is 2170. The molecule has 0 N–H and O–H groups in total. The number of anilines is 3. The summed E-state index contributed by atoms with van der Waals surface area (Å²) in [5, 5.41) is 7.82. The average Bonchev–Trinajstić information content (AvgIpc) is 3.51. The first-order chi connectivity index (χ1) is 18.7. The van der Waals surface area contributed by atoms with Crippen LogP contribution in [0.3, 0.4) is 0 Å². The van der Waals surface area contributed by atoms with Gasteiger partial charge in [-0.05, 0) is 53.9 Å². The van der Waals surface area contributed by atoms with Crippen LogP contribution >= 0.6 is 22.9 Å². The number of hydrogen-bond acceptors (Lipinski definition) is 3. The number of thiophene rings is 1. The van der Waals surface area contributed by atoms with E-state index in [4.69, 9.17) is 16.0 Å². The molecule has 180 valence electrons. The topological polar surface area (TPSA) is 16.4 Å². The summed E-state index contributed by atoms with van der Waals surface area (Å²) in [5.41, 5.74) is 4.97. The molecule has 6 aromatic carbocycles. The van der Waals surface area contributed by atoms with Gasteiger partial charge in [0.15, 0.2) is 5.58 Å². The van der Waals surface area contributed by atoms with Crippen LogP contribution in [0.15, 0.2) is 126 Å². The molecular weight excluding hydrogens is 506 g/mol. The quantitative estimate of drug-likeness (QED) is 0.228. The van der Waals surface area contributed by atoms with Gasteiger partial charge >= 0.3 is 0 Å². The summed E-state index contributed by atoms with van der Waals surface area (Å²) in [4.78, 5) is 2.34. The molecule has 2 heterocycles. The Morgan fingerprint density at radius 3 is 2.26 bits per heavy atom. The van der Waals surface area contributed by atoms with Crippen LogP contribution in [0.1, 0.15) is 0 Å². The minimum Gasteiger partial charge on any atom is -0.454 e. The molecule has 38 heavy (non-hydrogen) atoms. The van der Waals surface area contributed by atoms with Crippen LogP contribution in [0.4, 0.5) is 17.1 Å². The Morgan fingerprint density at radius 2 is 1.32 bits per heavy atom. The highest BCUT2D eigenvalue weighted by molar-refractivity contribution is 7.25. The van der Waals surface area contributed by atoms with E-state index in [1.165, 1.54) is 30.9 Å². The zero-order chi connectivity index (χ0) is 25.2. The number of halogens is 1. The Hall–Kier alpha value is -4.31. The van der Waals surface area contributed by atoms with E-state index in [1.807, 2.05) is 18.2 Å². The molecule has 0 unspecified atom stereocenters. The maximum Gasteiger partial charge on any atom is 0.159 e. The van der Waals surface area contributed by atoms with Gasteiger partial charge in [-0.25, -0.2) is 0 Å². The maximum atomic E-state index is 6.52. The SMILES string of the molecule is Clc1ccc2c(c1)sc1ccc(N(c3cccc4ccccc34)c3cccc4c3oc3ccccc34)cc12. The molecule has 0 bridgehead atoms. The minimum atomic E-state index is 0.762. The van der Waals surface area contributed by atoms with Crippen LogP contribution in [0.2, 0.25) is 5.02 Å². The number of fused-ring (bicyclic) bond motifs is 7. The van der Waals surface area contributed by atoms with Gasteiger partial charge in [-0.2, -0.15) is 0 Å².